The van der Waals surface area contributed by atoms with Crippen molar-refractivity contribution in [3.8, 4) is 28.7 Å². The summed E-state index contributed by atoms with van der Waals surface area (Å²) in [7, 11) is 1.48. The normalized spacial score (nSPS) is 10.8. The number of benzene rings is 1. The van der Waals surface area contributed by atoms with E-state index in [0.717, 1.165) is 0 Å². The number of alkyl halides is 2. The summed E-state index contributed by atoms with van der Waals surface area (Å²) in [5.41, 5.74) is 0.726. The third-order valence-corrected chi connectivity index (χ3v) is 3.63. The van der Waals surface area contributed by atoms with E-state index in [-0.39, 0.29) is 5.69 Å². The zero-order valence-electron chi connectivity index (χ0n) is 14.2. The number of imidazole rings is 1. The molecule has 0 aliphatic rings. The van der Waals surface area contributed by atoms with Gasteiger partial charge in [-0.1, -0.05) is 0 Å². The van der Waals surface area contributed by atoms with Gasteiger partial charge in [-0.15, -0.1) is 0 Å². The first-order chi connectivity index (χ1) is 13.0. The van der Waals surface area contributed by atoms with E-state index < -0.39 is 19.0 Å². The third kappa shape index (κ3) is 4.20. The standard InChI is InChI=1S/C18H15F2N3O4/c1-26-15-7-2-11(8-21-15)18-22-14(17(19)20)9-23(18)12-3-5-13(6-4-12)27-10-16(24)25/h2-9,17H,10H2,1H3,(H,24,25). The lowest BCUT2D eigenvalue weighted by Gasteiger charge is -2.09. The largest absolute Gasteiger partial charge is 0.482 e. The molecule has 1 N–H and O–H groups in total. The molecule has 0 amide bonds. The molecule has 2 aromatic heterocycles. The molecule has 0 bridgehead atoms. The van der Waals surface area contributed by atoms with Crippen molar-refractivity contribution in [1.82, 2.24) is 14.5 Å². The topological polar surface area (TPSA) is 86.5 Å². The number of halogens is 2. The zero-order valence-corrected chi connectivity index (χ0v) is 14.2. The van der Waals surface area contributed by atoms with Gasteiger partial charge in [0.15, 0.2) is 6.61 Å². The highest BCUT2D eigenvalue weighted by Crippen LogP contribution is 2.28. The number of aliphatic carboxylic acids is 1. The predicted molar refractivity (Wildman–Crippen MR) is 91.4 cm³/mol. The van der Waals surface area contributed by atoms with E-state index >= 15 is 0 Å². The van der Waals surface area contributed by atoms with E-state index in [1.807, 2.05) is 0 Å². The fourth-order valence-corrected chi connectivity index (χ4v) is 2.39. The first-order valence-electron chi connectivity index (χ1n) is 7.81. The van der Waals surface area contributed by atoms with Crippen molar-refractivity contribution < 1.29 is 28.2 Å². The molecule has 0 atom stereocenters. The van der Waals surface area contributed by atoms with Crippen LogP contribution in [0.4, 0.5) is 8.78 Å². The number of hydrogen-bond donors (Lipinski definition) is 1. The van der Waals surface area contributed by atoms with Gasteiger partial charge in [-0.05, 0) is 30.3 Å². The van der Waals surface area contributed by atoms with E-state index in [4.69, 9.17) is 14.6 Å². The van der Waals surface area contributed by atoms with Crippen molar-refractivity contribution in [1.29, 1.82) is 0 Å². The summed E-state index contributed by atoms with van der Waals surface area (Å²) < 4.78 is 37.9. The summed E-state index contributed by atoms with van der Waals surface area (Å²) in [4.78, 5) is 18.6. The Morgan fingerprint density at radius 2 is 1.96 bits per heavy atom. The first-order valence-corrected chi connectivity index (χ1v) is 7.81. The third-order valence-electron chi connectivity index (χ3n) is 3.63. The van der Waals surface area contributed by atoms with Gasteiger partial charge >= 0.3 is 5.97 Å². The van der Waals surface area contributed by atoms with Gasteiger partial charge in [-0.25, -0.2) is 23.5 Å². The highest BCUT2D eigenvalue weighted by Gasteiger charge is 2.18. The average molecular weight is 375 g/mol. The summed E-state index contributed by atoms with van der Waals surface area (Å²) in [5, 5.41) is 8.64. The Hall–Kier alpha value is -3.49. The Morgan fingerprint density at radius 3 is 2.52 bits per heavy atom. The number of pyridine rings is 1. The maximum atomic E-state index is 13.2. The van der Waals surface area contributed by atoms with Crippen LogP contribution in [0.3, 0.4) is 0 Å². The maximum absolute atomic E-state index is 13.2. The molecule has 0 unspecified atom stereocenters. The number of aromatic nitrogens is 3. The SMILES string of the molecule is COc1ccc(-c2nc(C(F)F)cn2-c2ccc(OCC(=O)O)cc2)cn1. The second kappa shape index (κ2) is 7.81. The minimum absolute atomic E-state index is 0.291. The molecule has 3 rings (SSSR count). The minimum Gasteiger partial charge on any atom is -0.482 e. The van der Waals surface area contributed by atoms with Crippen LogP contribution in [0.15, 0.2) is 48.8 Å². The van der Waals surface area contributed by atoms with Gasteiger partial charge in [-0.2, -0.15) is 0 Å². The number of carboxylic acid groups (broad SMARTS) is 1. The van der Waals surface area contributed by atoms with Gasteiger partial charge in [0.2, 0.25) is 5.88 Å². The van der Waals surface area contributed by atoms with Gasteiger partial charge in [0.25, 0.3) is 6.43 Å². The molecule has 0 aliphatic carbocycles. The lowest BCUT2D eigenvalue weighted by Crippen LogP contribution is -2.09. The second-order valence-corrected chi connectivity index (χ2v) is 5.43. The summed E-state index contributed by atoms with van der Waals surface area (Å²) in [6.07, 6.45) is 0.00333. The fraction of sp³-hybridized carbons (Fsp3) is 0.167. The van der Waals surface area contributed by atoms with E-state index in [0.29, 0.717) is 28.7 Å². The van der Waals surface area contributed by atoms with Crippen LogP contribution in [0.2, 0.25) is 0 Å². The van der Waals surface area contributed by atoms with Gasteiger partial charge in [0.1, 0.15) is 17.3 Å². The van der Waals surface area contributed by atoms with Crippen molar-refractivity contribution in [2.75, 3.05) is 13.7 Å². The minimum atomic E-state index is -2.73. The van der Waals surface area contributed by atoms with E-state index in [1.54, 1.807) is 36.4 Å². The number of rotatable bonds is 7. The maximum Gasteiger partial charge on any atom is 0.341 e. The number of carboxylic acids is 1. The molecule has 7 nitrogen and oxygen atoms in total. The molecule has 140 valence electrons. The second-order valence-electron chi connectivity index (χ2n) is 5.43. The van der Waals surface area contributed by atoms with Crippen LogP contribution in [0.25, 0.3) is 17.1 Å². The number of methoxy groups -OCH3 is 1. The summed E-state index contributed by atoms with van der Waals surface area (Å²) in [5.74, 6) is -0.0573. The summed E-state index contributed by atoms with van der Waals surface area (Å²) in [6, 6.07) is 9.62. The van der Waals surface area contributed by atoms with Crippen LogP contribution in [0.5, 0.6) is 11.6 Å². The van der Waals surface area contributed by atoms with Crippen molar-refractivity contribution in [2.45, 2.75) is 6.43 Å². The summed E-state index contributed by atoms with van der Waals surface area (Å²) >= 11 is 0. The molecule has 3 aromatic rings. The molecule has 0 radical (unpaired) electrons. The quantitative estimate of drug-likeness (QED) is 0.682. The van der Waals surface area contributed by atoms with Crippen LogP contribution in [-0.4, -0.2) is 39.3 Å². The number of hydrogen-bond acceptors (Lipinski definition) is 5. The van der Waals surface area contributed by atoms with Gasteiger partial charge in [0, 0.05) is 29.7 Å². The van der Waals surface area contributed by atoms with E-state index in [9.17, 15) is 13.6 Å². The van der Waals surface area contributed by atoms with Crippen LogP contribution in [0.1, 0.15) is 12.1 Å². The Kier molecular flexibility index (Phi) is 5.30. The molecule has 1 aromatic carbocycles. The molecule has 0 saturated carbocycles. The Bertz CT molecular complexity index is 925. The number of carbonyl (C=O) groups is 1. The van der Waals surface area contributed by atoms with Crippen molar-refractivity contribution in [3.05, 3.63) is 54.5 Å². The molecule has 0 aliphatic heterocycles. The van der Waals surface area contributed by atoms with Crippen LogP contribution >= 0.6 is 0 Å². The monoisotopic (exact) mass is 375 g/mol. The Labute approximate surface area is 152 Å². The number of ether oxygens (including phenoxy) is 2. The smallest absolute Gasteiger partial charge is 0.341 e. The van der Waals surface area contributed by atoms with Crippen molar-refractivity contribution in [3.63, 3.8) is 0 Å². The van der Waals surface area contributed by atoms with Gasteiger partial charge in [0.05, 0.1) is 7.11 Å². The van der Waals surface area contributed by atoms with Crippen LogP contribution in [-0.2, 0) is 4.79 Å². The average Bonchev–Trinajstić information content (AvgIpc) is 3.12. The summed E-state index contributed by atoms with van der Waals surface area (Å²) in [6.45, 7) is -0.470. The highest BCUT2D eigenvalue weighted by atomic mass is 19.3. The zero-order chi connectivity index (χ0) is 19.4. The lowest BCUT2D eigenvalue weighted by molar-refractivity contribution is -0.139. The molecule has 9 heteroatoms. The van der Waals surface area contributed by atoms with Crippen molar-refractivity contribution >= 4 is 5.97 Å². The Balaban J connectivity index is 1.97. The fourth-order valence-electron chi connectivity index (χ4n) is 2.39. The predicted octanol–water partition coefficient (Wildman–Crippen LogP) is 3.34. The van der Waals surface area contributed by atoms with Gasteiger partial charge in [-0.3, -0.25) is 4.57 Å². The molecular weight excluding hydrogens is 360 g/mol. The lowest BCUT2D eigenvalue weighted by atomic mass is 10.2. The molecule has 0 saturated heterocycles. The molecule has 0 spiro atoms. The number of nitrogens with zero attached hydrogens (tertiary/aromatic N) is 3. The van der Waals surface area contributed by atoms with Gasteiger partial charge < -0.3 is 14.6 Å². The van der Waals surface area contributed by atoms with Crippen LogP contribution < -0.4 is 9.47 Å². The van der Waals surface area contributed by atoms with E-state index in [1.165, 1.54) is 24.1 Å². The molecular formula is C18H15F2N3O4. The first kappa shape index (κ1) is 18.3. The molecule has 27 heavy (non-hydrogen) atoms. The van der Waals surface area contributed by atoms with E-state index in [2.05, 4.69) is 9.97 Å². The molecule has 2 heterocycles. The van der Waals surface area contributed by atoms with Crippen LogP contribution in [0, 0.1) is 0 Å². The highest BCUT2D eigenvalue weighted by molar-refractivity contribution is 5.68. The molecule has 0 fully saturated rings. The Morgan fingerprint density at radius 1 is 1.22 bits per heavy atom. The van der Waals surface area contributed by atoms with Crippen molar-refractivity contribution in [2.24, 2.45) is 0 Å².